The third-order valence-electron chi connectivity index (χ3n) is 3.89. The van der Waals surface area contributed by atoms with Crippen LogP contribution in [0.5, 0.6) is 0 Å². The second-order valence-electron chi connectivity index (χ2n) is 5.34. The highest BCUT2D eigenvalue weighted by Gasteiger charge is 2.27. The van der Waals surface area contributed by atoms with E-state index in [0.717, 1.165) is 31.5 Å². The standard InChI is InChI=1S/C14H25N5O2/c1-3-21-9-13-16-12(18-15)8-14(17-13)19(2)10-6-4-5-7-11(10)20/h8,10-11,20H,3-7,9,15H2,1-2H3,(H,16,17,18). The highest BCUT2D eigenvalue weighted by Crippen LogP contribution is 2.26. The van der Waals surface area contributed by atoms with Crippen molar-refractivity contribution >= 4 is 11.6 Å². The molecule has 4 N–H and O–H groups in total. The Hall–Kier alpha value is -1.44. The largest absolute Gasteiger partial charge is 0.391 e. The van der Waals surface area contributed by atoms with Crippen LogP contribution in [0.25, 0.3) is 0 Å². The van der Waals surface area contributed by atoms with Gasteiger partial charge in [0.1, 0.15) is 18.2 Å². The lowest BCUT2D eigenvalue weighted by molar-refractivity contribution is 0.105. The molecule has 1 saturated carbocycles. The third-order valence-corrected chi connectivity index (χ3v) is 3.89. The van der Waals surface area contributed by atoms with Crippen LogP contribution in [0.3, 0.4) is 0 Å². The van der Waals surface area contributed by atoms with Crippen LogP contribution in [0.2, 0.25) is 0 Å². The number of nitrogens with zero attached hydrogens (tertiary/aromatic N) is 3. The van der Waals surface area contributed by atoms with Crippen LogP contribution >= 0.6 is 0 Å². The lowest BCUT2D eigenvalue weighted by Crippen LogP contribution is -2.44. The van der Waals surface area contributed by atoms with Crippen LogP contribution < -0.4 is 16.2 Å². The summed E-state index contributed by atoms with van der Waals surface area (Å²) in [7, 11) is 1.95. The molecule has 2 atom stereocenters. The molecule has 2 rings (SSSR count). The van der Waals surface area contributed by atoms with Crippen LogP contribution in [0.1, 0.15) is 38.4 Å². The molecule has 7 heteroatoms. The van der Waals surface area contributed by atoms with Crippen molar-refractivity contribution in [3.63, 3.8) is 0 Å². The number of aliphatic hydroxyl groups is 1. The first-order valence-electron chi connectivity index (χ1n) is 7.49. The smallest absolute Gasteiger partial charge is 0.158 e. The van der Waals surface area contributed by atoms with Crippen LogP contribution in [-0.2, 0) is 11.3 Å². The molecule has 0 bridgehead atoms. The summed E-state index contributed by atoms with van der Waals surface area (Å²) < 4.78 is 5.36. The van der Waals surface area contributed by atoms with Gasteiger partial charge in [0.15, 0.2) is 5.82 Å². The number of hydrogen-bond acceptors (Lipinski definition) is 7. The predicted molar refractivity (Wildman–Crippen MR) is 81.8 cm³/mol. The van der Waals surface area contributed by atoms with Crippen LogP contribution in [-0.4, -0.2) is 40.9 Å². The Kier molecular flexibility index (Phi) is 5.72. The lowest BCUT2D eigenvalue weighted by Gasteiger charge is -2.36. The van der Waals surface area contributed by atoms with E-state index in [-0.39, 0.29) is 12.1 Å². The molecule has 1 aromatic rings. The maximum absolute atomic E-state index is 10.2. The summed E-state index contributed by atoms with van der Waals surface area (Å²) in [5.74, 6) is 7.35. The number of anilines is 2. The van der Waals surface area contributed by atoms with E-state index >= 15 is 0 Å². The van der Waals surface area contributed by atoms with E-state index in [1.54, 1.807) is 6.07 Å². The lowest BCUT2D eigenvalue weighted by atomic mass is 9.91. The number of nitrogen functional groups attached to an aromatic ring is 1. The van der Waals surface area contributed by atoms with Gasteiger partial charge in [-0.3, -0.25) is 0 Å². The fraction of sp³-hybridized carbons (Fsp3) is 0.714. The van der Waals surface area contributed by atoms with E-state index in [1.165, 1.54) is 0 Å². The molecule has 7 nitrogen and oxygen atoms in total. The average molecular weight is 295 g/mol. The molecule has 1 heterocycles. The first-order chi connectivity index (χ1) is 10.2. The zero-order valence-corrected chi connectivity index (χ0v) is 12.7. The van der Waals surface area contributed by atoms with Gasteiger partial charge in [-0.2, -0.15) is 0 Å². The van der Waals surface area contributed by atoms with Crippen LogP contribution in [0, 0.1) is 0 Å². The number of nitrogens with two attached hydrogens (primary N) is 1. The van der Waals surface area contributed by atoms with Crippen molar-refractivity contribution in [2.45, 2.75) is 51.4 Å². The highest BCUT2D eigenvalue weighted by molar-refractivity contribution is 5.49. The fourth-order valence-electron chi connectivity index (χ4n) is 2.71. The summed E-state index contributed by atoms with van der Waals surface area (Å²) in [5, 5.41) is 10.2. The molecule has 0 amide bonds. The van der Waals surface area contributed by atoms with Gasteiger partial charge < -0.3 is 20.2 Å². The van der Waals surface area contributed by atoms with E-state index in [4.69, 9.17) is 10.6 Å². The molecule has 118 valence electrons. The van der Waals surface area contributed by atoms with Gasteiger partial charge in [0.25, 0.3) is 0 Å². The number of aliphatic hydroxyl groups excluding tert-OH is 1. The zero-order valence-electron chi connectivity index (χ0n) is 12.7. The third kappa shape index (κ3) is 4.03. The molecular weight excluding hydrogens is 270 g/mol. The van der Waals surface area contributed by atoms with Gasteiger partial charge in [0.05, 0.1) is 12.1 Å². The molecule has 0 radical (unpaired) electrons. The molecule has 0 aliphatic heterocycles. The second-order valence-corrected chi connectivity index (χ2v) is 5.34. The average Bonchev–Trinajstić information content (AvgIpc) is 2.52. The molecular formula is C14H25N5O2. The fourth-order valence-corrected chi connectivity index (χ4v) is 2.71. The van der Waals surface area contributed by atoms with Gasteiger partial charge in [0, 0.05) is 19.7 Å². The SMILES string of the molecule is CCOCc1nc(NN)cc(N(C)C2CCCCC2O)n1. The molecule has 1 aliphatic carbocycles. The quantitative estimate of drug-likeness (QED) is 0.533. The molecule has 2 unspecified atom stereocenters. The Bertz CT molecular complexity index is 457. The van der Waals surface area contributed by atoms with Crippen LogP contribution in [0.15, 0.2) is 6.07 Å². The Balaban J connectivity index is 2.19. The van der Waals surface area contributed by atoms with E-state index in [0.29, 0.717) is 24.9 Å². The van der Waals surface area contributed by atoms with E-state index < -0.39 is 0 Å². The minimum atomic E-state index is -0.316. The number of aromatic nitrogens is 2. The van der Waals surface area contributed by atoms with Gasteiger partial charge in [-0.1, -0.05) is 12.8 Å². The predicted octanol–water partition coefficient (Wildman–Crippen LogP) is 1.04. The van der Waals surface area contributed by atoms with Gasteiger partial charge in [-0.05, 0) is 19.8 Å². The summed E-state index contributed by atoms with van der Waals surface area (Å²) >= 11 is 0. The zero-order chi connectivity index (χ0) is 15.2. The maximum atomic E-state index is 10.2. The molecule has 1 aliphatic rings. The van der Waals surface area contributed by atoms with Gasteiger partial charge >= 0.3 is 0 Å². The number of likely N-dealkylation sites (N-methyl/N-ethyl adjacent to an activating group) is 1. The van der Waals surface area contributed by atoms with Crippen molar-refractivity contribution in [2.75, 3.05) is 24.0 Å². The van der Waals surface area contributed by atoms with Crippen molar-refractivity contribution < 1.29 is 9.84 Å². The Morgan fingerprint density at radius 1 is 1.43 bits per heavy atom. The normalized spacial score (nSPS) is 22.1. The Labute approximate surface area is 125 Å². The first kappa shape index (κ1) is 15.9. The van der Waals surface area contributed by atoms with E-state index in [9.17, 15) is 5.11 Å². The minimum Gasteiger partial charge on any atom is -0.391 e. The summed E-state index contributed by atoms with van der Waals surface area (Å²) in [6, 6.07) is 1.87. The summed E-state index contributed by atoms with van der Waals surface area (Å²) in [4.78, 5) is 10.8. The Morgan fingerprint density at radius 2 is 2.19 bits per heavy atom. The van der Waals surface area contributed by atoms with Crippen molar-refractivity contribution in [2.24, 2.45) is 5.84 Å². The molecule has 1 aromatic heterocycles. The first-order valence-corrected chi connectivity index (χ1v) is 7.49. The van der Waals surface area contributed by atoms with Crippen molar-refractivity contribution in [3.8, 4) is 0 Å². The van der Waals surface area contributed by atoms with Crippen molar-refractivity contribution in [3.05, 3.63) is 11.9 Å². The summed E-state index contributed by atoms with van der Waals surface area (Å²) in [6.45, 7) is 2.88. The Morgan fingerprint density at radius 3 is 2.86 bits per heavy atom. The van der Waals surface area contributed by atoms with Gasteiger partial charge in [0.2, 0.25) is 0 Å². The van der Waals surface area contributed by atoms with E-state index in [1.807, 2.05) is 18.9 Å². The molecule has 21 heavy (non-hydrogen) atoms. The molecule has 1 fully saturated rings. The highest BCUT2D eigenvalue weighted by atomic mass is 16.5. The summed E-state index contributed by atoms with van der Waals surface area (Å²) in [6.07, 6.45) is 3.70. The number of hydrogen-bond donors (Lipinski definition) is 3. The number of nitrogens with one attached hydrogen (secondary N) is 1. The second kappa shape index (κ2) is 7.53. The van der Waals surface area contributed by atoms with Crippen LogP contribution in [0.4, 0.5) is 11.6 Å². The monoisotopic (exact) mass is 295 g/mol. The maximum Gasteiger partial charge on any atom is 0.158 e. The molecule has 0 spiro atoms. The number of hydrazine groups is 1. The van der Waals surface area contributed by atoms with E-state index in [2.05, 4.69) is 15.4 Å². The number of ether oxygens (including phenoxy) is 1. The topological polar surface area (TPSA) is 96.5 Å². The van der Waals surface area contributed by atoms with Crippen molar-refractivity contribution in [1.82, 2.24) is 9.97 Å². The van der Waals surface area contributed by atoms with Gasteiger partial charge in [-0.25, -0.2) is 15.8 Å². The summed E-state index contributed by atoms with van der Waals surface area (Å²) in [5.41, 5.74) is 2.56. The van der Waals surface area contributed by atoms with Crippen molar-refractivity contribution in [1.29, 1.82) is 0 Å². The molecule has 0 aromatic carbocycles. The minimum absolute atomic E-state index is 0.0826. The number of rotatable bonds is 6. The van der Waals surface area contributed by atoms with Gasteiger partial charge in [-0.15, -0.1) is 0 Å². The molecule has 0 saturated heterocycles.